The van der Waals surface area contributed by atoms with E-state index >= 15 is 0 Å². The highest BCUT2D eigenvalue weighted by molar-refractivity contribution is 6.36. The molecule has 0 unspecified atom stereocenters. The third-order valence-corrected chi connectivity index (χ3v) is 5.14. The zero-order valence-corrected chi connectivity index (χ0v) is 16.2. The lowest BCUT2D eigenvalue weighted by molar-refractivity contribution is 0.633. The van der Waals surface area contributed by atoms with Crippen molar-refractivity contribution in [1.82, 2.24) is 9.97 Å². The molecule has 0 saturated carbocycles. The lowest BCUT2D eigenvalue weighted by Gasteiger charge is -2.19. The van der Waals surface area contributed by atoms with Gasteiger partial charge in [0.15, 0.2) is 0 Å². The number of hydrogen-bond donors (Lipinski definition) is 2. The zero-order chi connectivity index (χ0) is 19.7. The Bertz CT molecular complexity index is 1060. The van der Waals surface area contributed by atoms with Crippen molar-refractivity contribution in [1.29, 1.82) is 0 Å². The Kier molecular flexibility index (Phi) is 5.00. The van der Waals surface area contributed by atoms with Crippen LogP contribution in [0.25, 0.3) is 10.9 Å². The van der Waals surface area contributed by atoms with Gasteiger partial charge in [-0.25, -0.2) is 14.4 Å². The van der Waals surface area contributed by atoms with Crippen molar-refractivity contribution >= 4 is 51.6 Å². The second-order valence-corrected chi connectivity index (χ2v) is 7.12. The summed E-state index contributed by atoms with van der Waals surface area (Å²) < 4.78 is 14.2. The minimum absolute atomic E-state index is 0.0528. The molecular formula is C20H20ClFN6. The molecule has 0 aliphatic carbocycles. The lowest BCUT2D eigenvalue weighted by Crippen LogP contribution is -2.17. The average Bonchev–Trinajstić information content (AvgIpc) is 3.20. The van der Waals surface area contributed by atoms with E-state index < -0.39 is 5.82 Å². The molecule has 28 heavy (non-hydrogen) atoms. The molecular weight excluding hydrogens is 379 g/mol. The van der Waals surface area contributed by atoms with Crippen LogP contribution in [-0.4, -0.2) is 36.3 Å². The van der Waals surface area contributed by atoms with E-state index in [2.05, 4.69) is 25.2 Å². The molecule has 8 heteroatoms. The van der Waals surface area contributed by atoms with E-state index in [-0.39, 0.29) is 5.69 Å². The highest BCUT2D eigenvalue weighted by Gasteiger charge is 2.17. The number of nitrogens with zero attached hydrogens (tertiary/aromatic N) is 4. The van der Waals surface area contributed by atoms with Crippen molar-refractivity contribution in [3.63, 3.8) is 0 Å². The van der Waals surface area contributed by atoms with E-state index in [1.165, 1.54) is 31.4 Å². The molecule has 1 aliphatic rings. The van der Waals surface area contributed by atoms with Gasteiger partial charge in [-0.05, 0) is 37.1 Å². The normalized spacial score (nSPS) is 14.3. The maximum absolute atomic E-state index is 14.2. The first kappa shape index (κ1) is 18.4. The number of nitrogen functional groups attached to an aromatic ring is 1. The van der Waals surface area contributed by atoms with Crippen molar-refractivity contribution < 1.29 is 4.39 Å². The summed E-state index contributed by atoms with van der Waals surface area (Å²) in [6.07, 6.45) is 5.34. The number of rotatable bonds is 4. The molecule has 0 bridgehead atoms. The predicted molar refractivity (Wildman–Crippen MR) is 114 cm³/mol. The van der Waals surface area contributed by atoms with Gasteiger partial charge < -0.3 is 16.0 Å². The molecule has 2 heterocycles. The Morgan fingerprint density at radius 2 is 2.00 bits per heavy atom. The third-order valence-electron chi connectivity index (χ3n) is 4.84. The number of aliphatic imine (C=N–C) groups is 1. The monoisotopic (exact) mass is 398 g/mol. The molecule has 1 aromatic heterocycles. The van der Waals surface area contributed by atoms with Gasteiger partial charge in [0.05, 0.1) is 21.6 Å². The Hall–Kier alpha value is -2.93. The summed E-state index contributed by atoms with van der Waals surface area (Å²) in [6.45, 7) is 2.04. The van der Waals surface area contributed by atoms with E-state index in [4.69, 9.17) is 17.3 Å². The lowest BCUT2D eigenvalue weighted by atomic mass is 10.1. The molecule has 3 aromatic rings. The van der Waals surface area contributed by atoms with Crippen LogP contribution in [0, 0.1) is 5.82 Å². The van der Waals surface area contributed by atoms with E-state index in [0.717, 1.165) is 24.3 Å². The summed E-state index contributed by atoms with van der Waals surface area (Å²) >= 11 is 6.59. The van der Waals surface area contributed by atoms with Gasteiger partial charge >= 0.3 is 0 Å². The first-order chi connectivity index (χ1) is 13.6. The maximum atomic E-state index is 14.2. The van der Waals surface area contributed by atoms with Gasteiger partial charge in [-0.1, -0.05) is 11.6 Å². The largest absolute Gasteiger partial charge is 0.396 e. The number of halogens is 2. The summed E-state index contributed by atoms with van der Waals surface area (Å²) in [7, 11) is 1.60. The molecule has 2 aromatic carbocycles. The quantitative estimate of drug-likeness (QED) is 0.503. The maximum Gasteiger partial charge on any atom is 0.148 e. The minimum Gasteiger partial charge on any atom is -0.396 e. The van der Waals surface area contributed by atoms with Crippen LogP contribution in [0.3, 0.4) is 0 Å². The third kappa shape index (κ3) is 3.45. The molecule has 1 aliphatic heterocycles. The SMILES string of the molecule is CN=Cc1cc(Nc2ncnc3cc(N4CCCC4)cc(Cl)c23)cc(F)c1N. The molecule has 1 saturated heterocycles. The molecule has 4 rings (SSSR count). The summed E-state index contributed by atoms with van der Waals surface area (Å²) in [5.41, 5.74) is 8.61. The molecule has 6 nitrogen and oxygen atoms in total. The van der Waals surface area contributed by atoms with E-state index in [9.17, 15) is 4.39 Å². The average molecular weight is 399 g/mol. The second kappa shape index (κ2) is 7.59. The highest BCUT2D eigenvalue weighted by Crippen LogP contribution is 2.35. The van der Waals surface area contributed by atoms with Gasteiger partial charge in [0.1, 0.15) is 18.0 Å². The van der Waals surface area contributed by atoms with E-state index in [1.807, 2.05) is 12.1 Å². The van der Waals surface area contributed by atoms with Gasteiger partial charge in [-0.15, -0.1) is 0 Å². The number of nitrogens with one attached hydrogen (secondary N) is 1. The molecule has 0 spiro atoms. The van der Waals surface area contributed by atoms with Crippen LogP contribution < -0.4 is 16.0 Å². The topological polar surface area (TPSA) is 79.4 Å². The van der Waals surface area contributed by atoms with Crippen molar-refractivity contribution in [2.75, 3.05) is 36.1 Å². The summed E-state index contributed by atoms with van der Waals surface area (Å²) in [6, 6.07) is 6.98. The van der Waals surface area contributed by atoms with Crippen LogP contribution in [0.4, 0.5) is 27.3 Å². The molecule has 3 N–H and O–H groups in total. The van der Waals surface area contributed by atoms with Gasteiger partial charge in [0.25, 0.3) is 0 Å². The fraction of sp³-hybridized carbons (Fsp3) is 0.250. The molecule has 0 amide bonds. The Balaban J connectivity index is 1.75. The number of anilines is 4. The highest BCUT2D eigenvalue weighted by atomic mass is 35.5. The molecule has 0 radical (unpaired) electrons. The van der Waals surface area contributed by atoms with Crippen LogP contribution in [0.15, 0.2) is 35.6 Å². The summed E-state index contributed by atoms with van der Waals surface area (Å²) in [5, 5.41) is 4.38. The van der Waals surface area contributed by atoms with Gasteiger partial charge in [0, 0.05) is 43.3 Å². The number of hydrogen-bond acceptors (Lipinski definition) is 6. The minimum atomic E-state index is -0.527. The number of nitrogens with two attached hydrogens (primary N) is 1. The van der Waals surface area contributed by atoms with E-state index in [0.29, 0.717) is 27.5 Å². The summed E-state index contributed by atoms with van der Waals surface area (Å²) in [5.74, 6) is -0.0211. The number of aromatic nitrogens is 2. The number of benzene rings is 2. The molecule has 1 fully saturated rings. The van der Waals surface area contributed by atoms with Crippen molar-refractivity contribution in [2.45, 2.75) is 12.8 Å². The van der Waals surface area contributed by atoms with Crippen LogP contribution >= 0.6 is 11.6 Å². The fourth-order valence-electron chi connectivity index (χ4n) is 3.47. The fourth-order valence-corrected chi connectivity index (χ4v) is 3.77. The van der Waals surface area contributed by atoms with Gasteiger partial charge in [-0.2, -0.15) is 0 Å². The van der Waals surface area contributed by atoms with Crippen molar-refractivity contribution in [3.8, 4) is 0 Å². The van der Waals surface area contributed by atoms with Crippen LogP contribution in [-0.2, 0) is 0 Å². The van der Waals surface area contributed by atoms with Crippen LogP contribution in [0.1, 0.15) is 18.4 Å². The Morgan fingerprint density at radius 3 is 2.75 bits per heavy atom. The molecule has 144 valence electrons. The smallest absolute Gasteiger partial charge is 0.148 e. The first-order valence-electron chi connectivity index (χ1n) is 9.04. The van der Waals surface area contributed by atoms with Gasteiger partial charge in [-0.3, -0.25) is 4.99 Å². The molecule has 0 atom stereocenters. The standard InChI is InChI=1S/C20H20ClFN6/c1-24-10-12-6-13(7-16(22)19(12)23)27-20-18-15(21)8-14(28-4-2-3-5-28)9-17(18)25-11-26-20/h6-11H,2-5,23H2,1H3,(H,25,26,27). The number of fused-ring (bicyclic) bond motifs is 1. The van der Waals surface area contributed by atoms with Crippen LogP contribution in [0.5, 0.6) is 0 Å². The van der Waals surface area contributed by atoms with Crippen LogP contribution in [0.2, 0.25) is 5.02 Å². The second-order valence-electron chi connectivity index (χ2n) is 6.71. The van der Waals surface area contributed by atoms with Gasteiger partial charge in [0.2, 0.25) is 0 Å². The van der Waals surface area contributed by atoms with E-state index in [1.54, 1.807) is 13.1 Å². The Labute approximate surface area is 167 Å². The predicted octanol–water partition coefficient (Wildman–Crippen LogP) is 4.40. The summed E-state index contributed by atoms with van der Waals surface area (Å²) in [4.78, 5) is 14.9. The zero-order valence-electron chi connectivity index (χ0n) is 15.4. The Morgan fingerprint density at radius 1 is 1.21 bits per heavy atom. The first-order valence-corrected chi connectivity index (χ1v) is 9.42. The van der Waals surface area contributed by atoms with Crippen molar-refractivity contribution in [2.24, 2.45) is 4.99 Å². The van der Waals surface area contributed by atoms with Crippen molar-refractivity contribution in [3.05, 3.63) is 47.0 Å².